The molecule has 0 aliphatic carbocycles. The first kappa shape index (κ1) is 5.65. The van der Waals surface area contributed by atoms with Gasteiger partial charge in [0.05, 0.1) is 0 Å². The highest BCUT2D eigenvalue weighted by Gasteiger charge is 2.18. The maximum atomic E-state index is 5.05. The summed E-state index contributed by atoms with van der Waals surface area (Å²) in [6.45, 7) is 7.86. The Morgan fingerprint density at radius 1 is 1.67 bits per heavy atom. The van der Waals surface area contributed by atoms with Crippen molar-refractivity contribution in [1.82, 2.24) is 0 Å². The summed E-state index contributed by atoms with van der Waals surface area (Å²) >= 11 is 0. The molecule has 0 aromatic rings. The number of terminal acetylenes is 1. The van der Waals surface area contributed by atoms with Gasteiger partial charge >= 0.3 is 8.07 Å². The van der Waals surface area contributed by atoms with Gasteiger partial charge in [-0.15, -0.1) is 6.42 Å². The van der Waals surface area contributed by atoms with E-state index < -0.39 is 8.07 Å². The van der Waals surface area contributed by atoms with Gasteiger partial charge in [0.2, 0.25) is 0 Å². The predicted molar refractivity (Wildman–Crippen MR) is 31.7 cm³/mol. The van der Waals surface area contributed by atoms with E-state index >= 15 is 0 Å². The Bertz CT molecular complexity index is 70.9. The third-order valence-electron chi connectivity index (χ3n) is 0.391. The van der Waals surface area contributed by atoms with Crippen molar-refractivity contribution >= 4 is 8.07 Å². The molecule has 6 heavy (non-hydrogen) atoms. The highest BCUT2D eigenvalue weighted by Crippen LogP contribution is 1.92. The zero-order chi connectivity index (χ0) is 5.21. The molecule has 0 aromatic carbocycles. The second-order valence-corrected chi connectivity index (χ2v) is 6.08. The molecule has 0 aromatic heterocycles. The van der Waals surface area contributed by atoms with Gasteiger partial charge in [0.25, 0.3) is 0 Å². The van der Waals surface area contributed by atoms with E-state index in [9.17, 15) is 0 Å². The molecular formula is C5H9Si+. The standard InChI is InChI=1S/C5H9Si/c1-5-6(2,3)4/h1H,2H2,3-4H3/q+1. The average molecular weight is 97.2 g/mol. The van der Waals surface area contributed by atoms with Crippen molar-refractivity contribution in [3.63, 3.8) is 0 Å². The van der Waals surface area contributed by atoms with Crippen molar-refractivity contribution in [2.75, 3.05) is 0 Å². The Kier molecular flexibility index (Phi) is 1.32. The minimum Gasteiger partial charge on any atom is -0.123 e. The molecule has 0 N–H and O–H groups in total. The molecule has 0 fully saturated rings. The van der Waals surface area contributed by atoms with E-state index in [1.807, 2.05) is 13.1 Å². The van der Waals surface area contributed by atoms with Crippen molar-refractivity contribution in [1.29, 1.82) is 0 Å². The van der Waals surface area contributed by atoms with Gasteiger partial charge in [0.1, 0.15) is 0 Å². The van der Waals surface area contributed by atoms with Crippen LogP contribution in [0.1, 0.15) is 0 Å². The Labute approximate surface area is 40.6 Å². The first-order chi connectivity index (χ1) is 2.56. The molecule has 1 heteroatoms. The second-order valence-electron chi connectivity index (χ2n) is 2.03. The van der Waals surface area contributed by atoms with E-state index in [4.69, 9.17) is 6.42 Å². The van der Waals surface area contributed by atoms with Gasteiger partial charge in [-0.25, -0.2) is 0 Å². The van der Waals surface area contributed by atoms with E-state index in [0.29, 0.717) is 0 Å². The predicted octanol–water partition coefficient (Wildman–Crippen LogP) is 1.24. The second kappa shape index (κ2) is 1.40. The van der Waals surface area contributed by atoms with Crippen LogP contribution >= 0.6 is 0 Å². The van der Waals surface area contributed by atoms with E-state index in [0.717, 1.165) is 0 Å². The zero-order valence-corrected chi connectivity index (χ0v) is 5.28. The molecule has 0 bridgehead atoms. The minimum atomic E-state index is -1.35. The fourth-order valence-corrected chi connectivity index (χ4v) is 0. The summed E-state index contributed by atoms with van der Waals surface area (Å²) in [4.78, 5) is 0. The van der Waals surface area contributed by atoms with Crippen LogP contribution in [0.5, 0.6) is 0 Å². The summed E-state index contributed by atoms with van der Waals surface area (Å²) in [5.74, 6) is 0. The topological polar surface area (TPSA) is 0 Å². The van der Waals surface area contributed by atoms with Crippen molar-refractivity contribution < 1.29 is 0 Å². The number of hydrogen-bond donors (Lipinski definition) is 0. The lowest BCUT2D eigenvalue weighted by atomic mass is 11.4. The van der Waals surface area contributed by atoms with Gasteiger partial charge in [-0.1, -0.05) is 5.54 Å². The van der Waals surface area contributed by atoms with E-state index in [-0.39, 0.29) is 0 Å². The minimum absolute atomic E-state index is 1.35. The normalized spacial score (nSPS) is 10.2. The largest absolute Gasteiger partial charge is 0.337 e. The molecule has 0 rings (SSSR count). The van der Waals surface area contributed by atoms with Gasteiger partial charge in [-0.2, -0.15) is 0 Å². The molecule has 0 spiro atoms. The highest BCUT2D eigenvalue weighted by atomic mass is 28.3. The van der Waals surface area contributed by atoms with E-state index in [2.05, 4.69) is 12.1 Å². The summed E-state index contributed by atoms with van der Waals surface area (Å²) < 4.78 is 0. The van der Waals surface area contributed by atoms with Crippen LogP contribution in [0.3, 0.4) is 0 Å². The Balaban J connectivity index is 3.55. The molecule has 32 valence electrons. The van der Waals surface area contributed by atoms with E-state index in [1.165, 1.54) is 0 Å². The average Bonchev–Trinajstić information content (AvgIpc) is 1.35. The van der Waals surface area contributed by atoms with Crippen molar-refractivity contribution in [3.8, 4) is 12.0 Å². The van der Waals surface area contributed by atoms with Crippen LogP contribution in [-0.4, -0.2) is 8.07 Å². The highest BCUT2D eigenvalue weighted by molar-refractivity contribution is 6.86. The first-order valence-electron chi connectivity index (χ1n) is 1.89. The zero-order valence-electron chi connectivity index (χ0n) is 4.28. The molecule has 0 nitrogen and oxygen atoms in total. The van der Waals surface area contributed by atoms with Gasteiger partial charge in [0, 0.05) is 6.55 Å². The van der Waals surface area contributed by atoms with Gasteiger partial charge in [-0.05, 0) is 13.1 Å². The summed E-state index contributed by atoms with van der Waals surface area (Å²) in [7, 11) is -1.35. The first-order valence-corrected chi connectivity index (χ1v) is 5.10. The molecule has 0 amide bonds. The SMILES string of the molecule is C#C[Si]([CH2+])(C)C. The van der Waals surface area contributed by atoms with Gasteiger partial charge in [-0.3, -0.25) is 0 Å². The third kappa shape index (κ3) is 3.65. The Morgan fingerprint density at radius 2 is 1.83 bits per heavy atom. The molecule has 0 aliphatic rings. The molecule has 0 radical (unpaired) electrons. The van der Waals surface area contributed by atoms with Crippen molar-refractivity contribution in [2.24, 2.45) is 0 Å². The molecular weight excluding hydrogens is 88.1 g/mol. The van der Waals surface area contributed by atoms with Crippen LogP contribution in [0.4, 0.5) is 0 Å². The number of rotatable bonds is 0. The number of hydrogen-bond acceptors (Lipinski definition) is 0. The lowest BCUT2D eigenvalue weighted by Gasteiger charge is -1.88. The summed E-state index contributed by atoms with van der Waals surface area (Å²) in [6.07, 6.45) is 5.05. The summed E-state index contributed by atoms with van der Waals surface area (Å²) in [5, 5.41) is 0. The Morgan fingerprint density at radius 3 is 1.83 bits per heavy atom. The smallest absolute Gasteiger partial charge is 0.123 e. The maximum Gasteiger partial charge on any atom is 0.337 e. The maximum absolute atomic E-state index is 5.05. The molecule has 0 saturated heterocycles. The fourth-order valence-electron chi connectivity index (χ4n) is 0. The lowest BCUT2D eigenvalue weighted by Crippen LogP contribution is -2.16. The molecule has 0 unspecified atom stereocenters. The summed E-state index contributed by atoms with van der Waals surface area (Å²) in [6, 6.07) is 0. The van der Waals surface area contributed by atoms with Crippen molar-refractivity contribution in [3.05, 3.63) is 6.55 Å². The monoisotopic (exact) mass is 97.0 g/mol. The fraction of sp³-hybridized carbons (Fsp3) is 0.400. The molecule has 0 atom stereocenters. The molecule has 0 heterocycles. The van der Waals surface area contributed by atoms with Crippen LogP contribution in [0.15, 0.2) is 0 Å². The van der Waals surface area contributed by atoms with Crippen molar-refractivity contribution in [2.45, 2.75) is 13.1 Å². The third-order valence-corrected chi connectivity index (χ3v) is 1.17. The van der Waals surface area contributed by atoms with Crippen LogP contribution in [0, 0.1) is 18.5 Å². The lowest BCUT2D eigenvalue weighted by molar-refractivity contribution is 1.91. The van der Waals surface area contributed by atoms with Gasteiger partial charge in [0.15, 0.2) is 0 Å². The van der Waals surface area contributed by atoms with Crippen LogP contribution < -0.4 is 0 Å². The quantitative estimate of drug-likeness (QED) is 0.242. The van der Waals surface area contributed by atoms with Crippen LogP contribution in [-0.2, 0) is 0 Å². The molecule has 0 saturated carbocycles. The van der Waals surface area contributed by atoms with Gasteiger partial charge < -0.3 is 0 Å². The van der Waals surface area contributed by atoms with E-state index in [1.54, 1.807) is 0 Å². The summed E-state index contributed by atoms with van der Waals surface area (Å²) in [5.41, 5.74) is 2.63. The molecule has 0 aliphatic heterocycles. The Hall–Kier alpha value is -0.353. The van der Waals surface area contributed by atoms with Crippen LogP contribution in [0.25, 0.3) is 0 Å². The van der Waals surface area contributed by atoms with Crippen LogP contribution in [0.2, 0.25) is 13.1 Å².